The van der Waals surface area contributed by atoms with E-state index >= 15 is 0 Å². The molecular formula is C23H36F4N4O8. The van der Waals surface area contributed by atoms with Crippen LogP contribution in [-0.4, -0.2) is 118 Å². The molecule has 0 unspecified atom stereocenters. The highest BCUT2D eigenvalue weighted by Crippen LogP contribution is 2.29. The topological polar surface area (TPSA) is 148 Å². The van der Waals surface area contributed by atoms with Gasteiger partial charge in [0.1, 0.15) is 17.7 Å². The van der Waals surface area contributed by atoms with E-state index in [-0.39, 0.29) is 25.5 Å². The summed E-state index contributed by atoms with van der Waals surface area (Å²) in [7, 11) is 0. The van der Waals surface area contributed by atoms with Crippen molar-refractivity contribution in [2.45, 2.75) is 64.1 Å². The predicted octanol–water partition coefficient (Wildman–Crippen LogP) is -0.344. The molecule has 0 bridgehead atoms. The van der Waals surface area contributed by atoms with Gasteiger partial charge in [-0.15, -0.1) is 0 Å². The van der Waals surface area contributed by atoms with Crippen LogP contribution < -0.4 is 16.0 Å². The van der Waals surface area contributed by atoms with Gasteiger partial charge in [-0.1, -0.05) is 13.8 Å². The minimum Gasteiger partial charge on any atom is -0.379 e. The standard InChI is InChI=1S/C23H36F4N4O8/c1-13(2)8-14(18(33)23(3)12-39-23)29-20(35)16(11-38-22(26)27)30-19(34)15(10-37-21(24)25)28-17(32)9-31-4-6-36-7-5-31/h13-16,21-22H,4-12H2,1-3H3,(H,28,32)(H,29,35)(H,30,34)/t14-,15-,16-,23-/m0/s1. The monoisotopic (exact) mass is 572 g/mol. The average molecular weight is 573 g/mol. The average Bonchev–Trinajstić information content (AvgIpc) is 3.61. The first kappa shape index (κ1) is 32.8. The Morgan fingerprint density at radius 1 is 0.872 bits per heavy atom. The minimum absolute atomic E-state index is 0.0514. The third-order valence-electron chi connectivity index (χ3n) is 5.97. The summed E-state index contributed by atoms with van der Waals surface area (Å²) >= 11 is 0. The lowest BCUT2D eigenvalue weighted by atomic mass is 9.93. The number of hydrogen-bond acceptors (Lipinski definition) is 9. The number of alkyl halides is 4. The lowest BCUT2D eigenvalue weighted by molar-refractivity contribution is -0.153. The van der Waals surface area contributed by atoms with Crippen molar-refractivity contribution in [3.05, 3.63) is 0 Å². The Bertz CT molecular complexity index is 841. The number of Topliss-reactive ketones (excluding diaryl/α,β-unsaturated/α-hetero) is 1. The zero-order valence-electron chi connectivity index (χ0n) is 22.1. The number of ether oxygens (including phenoxy) is 4. The van der Waals surface area contributed by atoms with E-state index in [1.54, 1.807) is 25.7 Å². The number of amides is 3. The number of epoxide rings is 1. The van der Waals surface area contributed by atoms with Gasteiger partial charge in [0.2, 0.25) is 17.7 Å². The quantitative estimate of drug-likeness (QED) is 0.157. The fourth-order valence-corrected chi connectivity index (χ4v) is 3.77. The Morgan fingerprint density at radius 2 is 1.36 bits per heavy atom. The van der Waals surface area contributed by atoms with E-state index in [1.807, 2.05) is 0 Å². The van der Waals surface area contributed by atoms with Crippen molar-refractivity contribution in [3.63, 3.8) is 0 Å². The van der Waals surface area contributed by atoms with Gasteiger partial charge in [0.25, 0.3) is 0 Å². The summed E-state index contributed by atoms with van der Waals surface area (Å²) < 4.78 is 69.7. The van der Waals surface area contributed by atoms with Crippen molar-refractivity contribution in [1.82, 2.24) is 20.9 Å². The highest BCUT2D eigenvalue weighted by molar-refractivity contribution is 5.98. The third kappa shape index (κ3) is 11.7. The Kier molecular flexibility index (Phi) is 13.0. The summed E-state index contributed by atoms with van der Waals surface area (Å²) in [6, 6.07) is -4.50. The fraction of sp³-hybridized carbons (Fsp3) is 0.826. The molecule has 3 N–H and O–H groups in total. The molecule has 4 atom stereocenters. The van der Waals surface area contributed by atoms with Crippen LogP contribution in [0.4, 0.5) is 17.6 Å². The highest BCUT2D eigenvalue weighted by atomic mass is 19.3. The van der Waals surface area contributed by atoms with Gasteiger partial charge < -0.3 is 34.9 Å². The van der Waals surface area contributed by atoms with Crippen molar-refractivity contribution in [2.24, 2.45) is 5.92 Å². The molecule has 16 heteroatoms. The summed E-state index contributed by atoms with van der Waals surface area (Å²) in [4.78, 5) is 52.9. The maximum absolute atomic E-state index is 13.0. The Hall–Kier alpha value is -2.40. The number of hydrogen-bond donors (Lipinski definition) is 3. The summed E-state index contributed by atoms with van der Waals surface area (Å²) in [5.74, 6) is -3.36. The molecule has 2 aliphatic rings. The largest absolute Gasteiger partial charge is 0.379 e. The second kappa shape index (κ2) is 15.4. The molecule has 39 heavy (non-hydrogen) atoms. The van der Waals surface area contributed by atoms with Crippen LogP contribution in [0.3, 0.4) is 0 Å². The Balaban J connectivity index is 2.12. The molecule has 3 amide bonds. The molecule has 0 saturated carbocycles. The van der Waals surface area contributed by atoms with Crippen molar-refractivity contribution in [3.8, 4) is 0 Å². The predicted molar refractivity (Wildman–Crippen MR) is 126 cm³/mol. The van der Waals surface area contributed by atoms with Crippen LogP contribution in [0, 0.1) is 5.92 Å². The van der Waals surface area contributed by atoms with Crippen molar-refractivity contribution >= 4 is 23.5 Å². The van der Waals surface area contributed by atoms with Crippen LogP contribution in [0.2, 0.25) is 0 Å². The highest BCUT2D eigenvalue weighted by Gasteiger charge is 2.50. The molecule has 0 aromatic heterocycles. The molecule has 2 aliphatic heterocycles. The first-order valence-electron chi connectivity index (χ1n) is 12.5. The summed E-state index contributed by atoms with van der Waals surface area (Å²) in [5.41, 5.74) is -1.09. The molecule has 0 spiro atoms. The van der Waals surface area contributed by atoms with Gasteiger partial charge in [-0.05, 0) is 19.3 Å². The summed E-state index contributed by atoms with van der Waals surface area (Å²) in [5, 5.41) is 6.83. The van der Waals surface area contributed by atoms with Gasteiger partial charge in [-0.3, -0.25) is 24.1 Å². The maximum Gasteiger partial charge on any atom is 0.345 e. The van der Waals surface area contributed by atoms with Gasteiger partial charge >= 0.3 is 13.2 Å². The molecule has 0 aliphatic carbocycles. The molecule has 12 nitrogen and oxygen atoms in total. The van der Waals surface area contributed by atoms with E-state index in [0.717, 1.165) is 0 Å². The molecule has 2 fully saturated rings. The van der Waals surface area contributed by atoms with Crippen molar-refractivity contribution < 1.29 is 55.7 Å². The normalized spacial score (nSPS) is 21.9. The molecule has 2 rings (SSSR count). The van der Waals surface area contributed by atoms with E-state index in [4.69, 9.17) is 9.47 Å². The first-order chi connectivity index (χ1) is 18.3. The molecule has 0 radical (unpaired) electrons. The van der Waals surface area contributed by atoms with Gasteiger partial charge in [-0.25, -0.2) is 0 Å². The van der Waals surface area contributed by atoms with Gasteiger partial charge in [0.15, 0.2) is 5.78 Å². The minimum atomic E-state index is -3.30. The second-order valence-electron chi connectivity index (χ2n) is 9.83. The van der Waals surface area contributed by atoms with Gasteiger partial charge in [-0.2, -0.15) is 17.6 Å². The molecular weight excluding hydrogens is 536 g/mol. The lowest BCUT2D eigenvalue weighted by Gasteiger charge is -2.28. The Morgan fingerprint density at radius 3 is 1.82 bits per heavy atom. The molecule has 0 aromatic carbocycles. The van der Waals surface area contributed by atoms with Crippen LogP contribution in [-0.2, 0) is 38.1 Å². The zero-order chi connectivity index (χ0) is 29.2. The number of carbonyl (C=O) groups is 4. The van der Waals surface area contributed by atoms with E-state index < -0.39 is 73.7 Å². The number of ketones is 1. The number of carbonyl (C=O) groups excluding carboxylic acids is 4. The maximum atomic E-state index is 13.0. The lowest BCUT2D eigenvalue weighted by Crippen LogP contribution is -2.59. The summed E-state index contributed by atoms with van der Waals surface area (Å²) in [6.07, 6.45) is 0.197. The number of nitrogens with zero attached hydrogens (tertiary/aromatic N) is 1. The Labute approximate surface area is 223 Å². The second-order valence-corrected chi connectivity index (χ2v) is 9.83. The zero-order valence-corrected chi connectivity index (χ0v) is 22.1. The number of halogens is 4. The molecule has 0 aromatic rings. The van der Waals surface area contributed by atoms with Crippen LogP contribution in [0.25, 0.3) is 0 Å². The van der Waals surface area contributed by atoms with Crippen LogP contribution in [0.15, 0.2) is 0 Å². The van der Waals surface area contributed by atoms with E-state index in [0.29, 0.717) is 26.3 Å². The first-order valence-corrected chi connectivity index (χ1v) is 12.5. The van der Waals surface area contributed by atoms with Gasteiger partial charge in [0.05, 0.1) is 45.6 Å². The molecule has 2 heterocycles. The van der Waals surface area contributed by atoms with Crippen molar-refractivity contribution in [1.29, 1.82) is 0 Å². The number of morpholine rings is 1. The summed E-state index contributed by atoms with van der Waals surface area (Å²) in [6.45, 7) is -1.76. The fourth-order valence-electron chi connectivity index (χ4n) is 3.77. The van der Waals surface area contributed by atoms with Crippen LogP contribution in [0.1, 0.15) is 27.2 Å². The smallest absolute Gasteiger partial charge is 0.345 e. The van der Waals surface area contributed by atoms with Crippen LogP contribution in [0.5, 0.6) is 0 Å². The van der Waals surface area contributed by atoms with Crippen molar-refractivity contribution in [2.75, 3.05) is 52.7 Å². The van der Waals surface area contributed by atoms with Gasteiger partial charge in [0, 0.05) is 13.1 Å². The number of nitrogens with one attached hydrogen (secondary N) is 3. The third-order valence-corrected chi connectivity index (χ3v) is 5.97. The van der Waals surface area contributed by atoms with E-state index in [1.165, 1.54) is 0 Å². The van der Waals surface area contributed by atoms with E-state index in [2.05, 4.69) is 25.4 Å². The SMILES string of the molecule is CC(C)C[C@H](NC(=O)[C@H](COC(F)F)NC(=O)[C@H](COC(F)F)NC(=O)CN1CCOCC1)C(=O)[C@]1(C)CO1. The van der Waals surface area contributed by atoms with E-state index in [9.17, 15) is 36.7 Å². The molecule has 224 valence electrons. The van der Waals surface area contributed by atoms with Crippen LogP contribution >= 0.6 is 0 Å². The molecule has 2 saturated heterocycles. The number of rotatable bonds is 17.